The van der Waals surface area contributed by atoms with Crippen molar-refractivity contribution in [2.24, 2.45) is 0 Å². The lowest BCUT2D eigenvalue weighted by Gasteiger charge is -2.38. The minimum Gasteiger partial charge on any atom is -0.496 e. The Hall–Kier alpha value is -2.32. The zero-order valence-electron chi connectivity index (χ0n) is 15.8. The van der Waals surface area contributed by atoms with Crippen LogP contribution < -0.4 is 15.4 Å². The molecule has 2 atom stereocenters. The van der Waals surface area contributed by atoms with Gasteiger partial charge in [0.2, 0.25) is 5.91 Å². The van der Waals surface area contributed by atoms with Crippen LogP contribution in [0.1, 0.15) is 43.0 Å². The van der Waals surface area contributed by atoms with Crippen molar-refractivity contribution in [2.45, 2.75) is 50.7 Å². The van der Waals surface area contributed by atoms with Crippen molar-refractivity contribution in [3.05, 3.63) is 22.7 Å². The summed E-state index contributed by atoms with van der Waals surface area (Å²) < 4.78 is 5.30. The number of rotatable bonds is 6. The second-order valence-corrected chi connectivity index (χ2v) is 7.71. The Balaban J connectivity index is 1.71. The van der Waals surface area contributed by atoms with Crippen LogP contribution in [0.15, 0.2) is 12.1 Å². The molecule has 2 amide bonds. The van der Waals surface area contributed by atoms with E-state index in [4.69, 9.17) is 21.4 Å². The highest BCUT2D eigenvalue weighted by molar-refractivity contribution is 6.34. The van der Waals surface area contributed by atoms with Gasteiger partial charge in [0.15, 0.2) is 0 Å². The number of amides is 2. The fourth-order valence-corrected chi connectivity index (χ4v) is 4.47. The molecule has 0 spiro atoms. The minimum absolute atomic E-state index is 0.0338. The zero-order valence-corrected chi connectivity index (χ0v) is 16.6. The summed E-state index contributed by atoms with van der Waals surface area (Å²) in [5.41, 5.74) is 0.671. The van der Waals surface area contributed by atoms with Gasteiger partial charge in [-0.3, -0.25) is 19.3 Å². The lowest BCUT2D eigenvalue weighted by Crippen LogP contribution is -2.51. The summed E-state index contributed by atoms with van der Waals surface area (Å²) in [4.78, 5) is 37.2. The quantitative estimate of drug-likeness (QED) is 0.664. The molecule has 1 aromatic carbocycles. The van der Waals surface area contributed by atoms with Gasteiger partial charge in [-0.1, -0.05) is 11.6 Å². The molecule has 9 heteroatoms. The second kappa shape index (κ2) is 8.36. The molecule has 0 saturated carbocycles. The molecular weight excluding hydrogens is 386 g/mol. The zero-order chi connectivity index (χ0) is 20.4. The van der Waals surface area contributed by atoms with E-state index in [0.29, 0.717) is 17.0 Å². The number of carbonyl (C=O) groups is 3. The number of anilines is 1. The van der Waals surface area contributed by atoms with Crippen molar-refractivity contribution in [1.82, 2.24) is 10.2 Å². The van der Waals surface area contributed by atoms with Crippen LogP contribution in [0.5, 0.6) is 5.75 Å². The second-order valence-electron chi connectivity index (χ2n) is 7.31. The van der Waals surface area contributed by atoms with Gasteiger partial charge in [-0.15, -0.1) is 0 Å². The van der Waals surface area contributed by atoms with Gasteiger partial charge >= 0.3 is 5.97 Å². The average Bonchev–Trinajstić information content (AvgIpc) is 2.85. The Labute approximate surface area is 168 Å². The SMILES string of the molecule is COc1cc(NC(C)=O)c(Cl)cc1C(=O)NC1CC2CCC(C1)N2CC(=O)O. The molecule has 0 aliphatic carbocycles. The molecular formula is C19H24ClN3O5. The van der Waals surface area contributed by atoms with E-state index in [1.807, 2.05) is 4.90 Å². The van der Waals surface area contributed by atoms with Gasteiger partial charge in [0, 0.05) is 31.1 Å². The number of carbonyl (C=O) groups excluding carboxylic acids is 2. The van der Waals surface area contributed by atoms with Crippen LogP contribution in [0.4, 0.5) is 5.69 Å². The average molecular weight is 410 g/mol. The van der Waals surface area contributed by atoms with Crippen molar-refractivity contribution >= 4 is 35.1 Å². The van der Waals surface area contributed by atoms with E-state index in [0.717, 1.165) is 25.7 Å². The number of fused-ring (bicyclic) bond motifs is 2. The minimum atomic E-state index is -0.821. The number of carboxylic acid groups (broad SMARTS) is 1. The summed E-state index contributed by atoms with van der Waals surface area (Å²) in [6.45, 7) is 1.42. The molecule has 2 heterocycles. The molecule has 3 N–H and O–H groups in total. The first kappa shape index (κ1) is 20.4. The number of carboxylic acids is 1. The van der Waals surface area contributed by atoms with Gasteiger partial charge in [-0.25, -0.2) is 0 Å². The van der Waals surface area contributed by atoms with Gasteiger partial charge in [0.1, 0.15) is 5.75 Å². The molecule has 2 saturated heterocycles. The molecule has 2 aliphatic heterocycles. The van der Waals surface area contributed by atoms with E-state index >= 15 is 0 Å². The highest BCUT2D eigenvalue weighted by Gasteiger charge is 2.41. The molecule has 2 aliphatic rings. The molecule has 2 bridgehead atoms. The summed E-state index contributed by atoms with van der Waals surface area (Å²) in [5.74, 6) is -1.08. The van der Waals surface area contributed by atoms with Crippen LogP contribution in [-0.2, 0) is 9.59 Å². The van der Waals surface area contributed by atoms with Gasteiger partial charge in [0.05, 0.1) is 29.9 Å². The van der Waals surface area contributed by atoms with Crippen LogP contribution >= 0.6 is 11.6 Å². The van der Waals surface area contributed by atoms with Crippen molar-refractivity contribution in [1.29, 1.82) is 0 Å². The van der Waals surface area contributed by atoms with Gasteiger partial charge in [-0.2, -0.15) is 0 Å². The summed E-state index contributed by atoms with van der Waals surface area (Å²) in [7, 11) is 1.45. The van der Waals surface area contributed by atoms with Crippen molar-refractivity contribution < 1.29 is 24.2 Å². The standard InChI is InChI=1S/C19H24ClN3O5/c1-10(24)21-16-8-17(28-2)14(7-15(16)20)19(27)22-11-5-12-3-4-13(6-11)23(12)9-18(25)26/h7-8,11-13H,3-6,9H2,1-2H3,(H,21,24)(H,22,27)(H,25,26). The Morgan fingerprint density at radius 3 is 2.43 bits per heavy atom. The molecule has 2 fully saturated rings. The first-order valence-corrected chi connectivity index (χ1v) is 9.59. The van der Waals surface area contributed by atoms with Crippen molar-refractivity contribution in [3.63, 3.8) is 0 Å². The van der Waals surface area contributed by atoms with Gasteiger partial charge in [-0.05, 0) is 31.7 Å². The largest absolute Gasteiger partial charge is 0.496 e. The lowest BCUT2D eigenvalue weighted by atomic mass is 9.96. The smallest absolute Gasteiger partial charge is 0.317 e. The first-order valence-electron chi connectivity index (χ1n) is 9.22. The monoisotopic (exact) mass is 409 g/mol. The molecule has 8 nitrogen and oxygen atoms in total. The maximum Gasteiger partial charge on any atom is 0.317 e. The Kier molecular flexibility index (Phi) is 6.10. The lowest BCUT2D eigenvalue weighted by molar-refractivity contribution is -0.139. The Morgan fingerprint density at radius 1 is 1.25 bits per heavy atom. The summed E-state index contributed by atoms with van der Waals surface area (Å²) in [6, 6.07) is 3.32. The van der Waals surface area contributed by atoms with Crippen LogP contribution in [-0.4, -0.2) is 59.6 Å². The predicted molar refractivity (Wildman–Crippen MR) is 104 cm³/mol. The highest BCUT2D eigenvalue weighted by Crippen LogP contribution is 2.36. The molecule has 152 valence electrons. The molecule has 0 aromatic heterocycles. The number of halogens is 1. The maximum atomic E-state index is 12.8. The van der Waals surface area contributed by atoms with Crippen LogP contribution in [0, 0.1) is 0 Å². The van der Waals surface area contributed by atoms with Crippen molar-refractivity contribution in [2.75, 3.05) is 19.0 Å². The Bertz CT molecular complexity index is 786. The van der Waals surface area contributed by atoms with Gasteiger partial charge < -0.3 is 20.5 Å². The van der Waals surface area contributed by atoms with E-state index in [-0.39, 0.29) is 41.5 Å². The fraction of sp³-hybridized carbons (Fsp3) is 0.526. The third kappa shape index (κ3) is 4.39. The van der Waals surface area contributed by atoms with E-state index < -0.39 is 5.97 Å². The number of aliphatic carboxylic acids is 1. The number of nitrogens with zero attached hydrogens (tertiary/aromatic N) is 1. The maximum absolute atomic E-state index is 12.8. The topological polar surface area (TPSA) is 108 Å². The number of hydrogen-bond donors (Lipinski definition) is 3. The third-order valence-corrected chi connectivity index (χ3v) is 5.69. The van der Waals surface area contributed by atoms with Crippen LogP contribution in [0.25, 0.3) is 0 Å². The van der Waals surface area contributed by atoms with Crippen molar-refractivity contribution in [3.8, 4) is 5.75 Å². The summed E-state index contributed by atoms with van der Waals surface area (Å²) in [5, 5.41) is 15.0. The van der Waals surface area contributed by atoms with E-state index in [1.165, 1.54) is 26.2 Å². The number of hydrogen-bond acceptors (Lipinski definition) is 5. The number of piperidine rings is 1. The van der Waals surface area contributed by atoms with E-state index in [9.17, 15) is 14.4 Å². The van der Waals surface area contributed by atoms with E-state index in [1.54, 1.807) is 0 Å². The fourth-order valence-electron chi connectivity index (χ4n) is 4.25. The number of nitrogens with one attached hydrogen (secondary N) is 2. The number of ether oxygens (including phenoxy) is 1. The van der Waals surface area contributed by atoms with Crippen LogP contribution in [0.3, 0.4) is 0 Å². The first-order chi connectivity index (χ1) is 13.3. The molecule has 2 unspecified atom stereocenters. The third-order valence-electron chi connectivity index (χ3n) is 5.38. The van der Waals surface area contributed by atoms with Crippen LogP contribution in [0.2, 0.25) is 5.02 Å². The highest BCUT2D eigenvalue weighted by atomic mass is 35.5. The number of methoxy groups -OCH3 is 1. The predicted octanol–water partition coefficient (Wildman–Crippen LogP) is 2.12. The van der Waals surface area contributed by atoms with Gasteiger partial charge in [0.25, 0.3) is 5.91 Å². The Morgan fingerprint density at radius 2 is 1.89 bits per heavy atom. The number of benzene rings is 1. The molecule has 1 aromatic rings. The molecule has 3 rings (SSSR count). The van der Waals surface area contributed by atoms with E-state index in [2.05, 4.69) is 10.6 Å². The normalized spacial score (nSPS) is 23.9. The molecule has 28 heavy (non-hydrogen) atoms. The summed E-state index contributed by atoms with van der Waals surface area (Å²) in [6.07, 6.45) is 3.33. The molecule has 0 radical (unpaired) electrons. The summed E-state index contributed by atoms with van der Waals surface area (Å²) >= 11 is 6.20.